The molecule has 0 aromatic heterocycles. The summed E-state index contributed by atoms with van der Waals surface area (Å²) in [6.07, 6.45) is 4.35. The molecule has 1 N–H and O–H groups in total. The monoisotopic (exact) mass is 283 g/mol. The van der Waals surface area contributed by atoms with E-state index in [0.29, 0.717) is 6.04 Å². The fraction of sp³-hybridized carbons (Fsp3) is 0.625. The molecule has 0 heterocycles. The molecule has 0 amide bonds. The maximum absolute atomic E-state index is 6.08. The van der Waals surface area contributed by atoms with Crippen molar-refractivity contribution in [1.29, 1.82) is 0 Å². The summed E-state index contributed by atoms with van der Waals surface area (Å²) in [5.41, 5.74) is 1.15. The van der Waals surface area contributed by atoms with Crippen LogP contribution < -0.4 is 10.1 Å². The molecule has 0 aliphatic heterocycles. The van der Waals surface area contributed by atoms with Gasteiger partial charge in [0.1, 0.15) is 5.75 Å². The highest BCUT2D eigenvalue weighted by atomic mass is 35.5. The van der Waals surface area contributed by atoms with E-state index in [1.165, 1.54) is 6.42 Å². The van der Waals surface area contributed by atoms with Crippen molar-refractivity contribution in [2.75, 3.05) is 13.2 Å². The van der Waals surface area contributed by atoms with Crippen LogP contribution in [-0.4, -0.2) is 19.2 Å². The number of hydrogen-bond donors (Lipinski definition) is 1. The van der Waals surface area contributed by atoms with Crippen LogP contribution in [0.15, 0.2) is 18.2 Å². The van der Waals surface area contributed by atoms with Crippen molar-refractivity contribution in [3.05, 3.63) is 28.8 Å². The maximum Gasteiger partial charge on any atom is 0.119 e. The first-order valence-corrected chi connectivity index (χ1v) is 7.69. The van der Waals surface area contributed by atoms with E-state index in [2.05, 4.69) is 26.1 Å². The molecule has 0 aliphatic rings. The molecule has 19 heavy (non-hydrogen) atoms. The third-order valence-corrected chi connectivity index (χ3v) is 3.71. The zero-order chi connectivity index (χ0) is 14.1. The summed E-state index contributed by atoms with van der Waals surface area (Å²) in [4.78, 5) is 0. The van der Waals surface area contributed by atoms with E-state index < -0.39 is 0 Å². The Morgan fingerprint density at radius 3 is 2.74 bits per heavy atom. The van der Waals surface area contributed by atoms with Gasteiger partial charge in [-0.25, -0.2) is 0 Å². The second kappa shape index (κ2) is 9.22. The number of halogens is 1. The first kappa shape index (κ1) is 16.3. The molecule has 0 saturated heterocycles. The van der Waals surface area contributed by atoms with Gasteiger partial charge in [0.2, 0.25) is 0 Å². The Bertz CT molecular complexity index is 368. The summed E-state index contributed by atoms with van der Waals surface area (Å²) in [6.45, 7) is 8.36. The Morgan fingerprint density at radius 1 is 1.26 bits per heavy atom. The van der Waals surface area contributed by atoms with Gasteiger partial charge in [-0.15, -0.1) is 0 Å². The van der Waals surface area contributed by atoms with Crippen LogP contribution in [0, 0.1) is 0 Å². The summed E-state index contributed by atoms with van der Waals surface area (Å²) >= 11 is 6.08. The highest BCUT2D eigenvalue weighted by Gasteiger charge is 2.01. The van der Waals surface area contributed by atoms with Gasteiger partial charge in [0.15, 0.2) is 0 Å². The predicted octanol–water partition coefficient (Wildman–Crippen LogP) is 4.45. The minimum atomic E-state index is 0.615. The molecule has 2 nitrogen and oxygen atoms in total. The smallest absolute Gasteiger partial charge is 0.119 e. The average molecular weight is 284 g/mol. The summed E-state index contributed by atoms with van der Waals surface area (Å²) < 4.78 is 5.75. The third kappa shape index (κ3) is 6.31. The molecule has 1 aromatic carbocycles. The van der Waals surface area contributed by atoms with Crippen LogP contribution >= 0.6 is 11.6 Å². The molecule has 0 radical (unpaired) electrons. The fourth-order valence-electron chi connectivity index (χ4n) is 1.82. The Balaban J connectivity index is 2.19. The molecule has 1 rings (SSSR count). The molecular weight excluding hydrogens is 258 g/mol. The minimum Gasteiger partial charge on any atom is -0.494 e. The van der Waals surface area contributed by atoms with Crippen LogP contribution in [0.5, 0.6) is 5.75 Å². The van der Waals surface area contributed by atoms with E-state index in [0.717, 1.165) is 48.7 Å². The lowest BCUT2D eigenvalue weighted by atomic mass is 10.1. The van der Waals surface area contributed by atoms with Crippen molar-refractivity contribution >= 4 is 11.6 Å². The van der Waals surface area contributed by atoms with Crippen molar-refractivity contribution < 1.29 is 4.74 Å². The van der Waals surface area contributed by atoms with Crippen molar-refractivity contribution in [2.24, 2.45) is 0 Å². The summed E-state index contributed by atoms with van der Waals surface area (Å²) in [6, 6.07) is 6.52. The minimum absolute atomic E-state index is 0.615. The van der Waals surface area contributed by atoms with E-state index >= 15 is 0 Å². The van der Waals surface area contributed by atoms with Crippen molar-refractivity contribution in [3.8, 4) is 5.75 Å². The standard InChI is InChI=1S/C16H26ClNO/c1-4-13(3)18-10-6-7-11-19-15-8-9-16(17)14(5-2)12-15/h8-9,12-13,18H,4-7,10-11H2,1-3H3/t13-/m0/s1. The largest absolute Gasteiger partial charge is 0.494 e. The average Bonchev–Trinajstić information content (AvgIpc) is 2.43. The van der Waals surface area contributed by atoms with E-state index in [-0.39, 0.29) is 0 Å². The highest BCUT2D eigenvalue weighted by Crippen LogP contribution is 2.22. The zero-order valence-corrected chi connectivity index (χ0v) is 13.1. The van der Waals surface area contributed by atoms with Gasteiger partial charge >= 0.3 is 0 Å². The molecule has 0 bridgehead atoms. The lowest BCUT2D eigenvalue weighted by Crippen LogP contribution is -2.26. The number of nitrogens with one attached hydrogen (secondary N) is 1. The maximum atomic E-state index is 6.08. The summed E-state index contributed by atoms with van der Waals surface area (Å²) in [5, 5.41) is 4.31. The number of unbranched alkanes of at least 4 members (excludes halogenated alkanes) is 1. The van der Waals surface area contributed by atoms with Crippen LogP contribution in [0.1, 0.15) is 45.6 Å². The van der Waals surface area contributed by atoms with Crippen molar-refractivity contribution in [2.45, 2.75) is 52.5 Å². The van der Waals surface area contributed by atoms with Gasteiger partial charge < -0.3 is 10.1 Å². The lowest BCUT2D eigenvalue weighted by Gasteiger charge is -2.11. The number of aryl methyl sites for hydroxylation is 1. The Morgan fingerprint density at radius 2 is 2.05 bits per heavy atom. The van der Waals surface area contributed by atoms with Crippen LogP contribution in [0.2, 0.25) is 5.02 Å². The van der Waals surface area contributed by atoms with Crippen LogP contribution in [0.4, 0.5) is 0 Å². The third-order valence-electron chi connectivity index (χ3n) is 3.34. The van der Waals surface area contributed by atoms with Crippen molar-refractivity contribution in [1.82, 2.24) is 5.32 Å². The van der Waals surface area contributed by atoms with E-state index in [9.17, 15) is 0 Å². The van der Waals surface area contributed by atoms with E-state index in [4.69, 9.17) is 16.3 Å². The second-order valence-electron chi connectivity index (χ2n) is 4.93. The molecule has 1 aromatic rings. The zero-order valence-electron chi connectivity index (χ0n) is 12.3. The second-order valence-corrected chi connectivity index (χ2v) is 5.33. The number of ether oxygens (including phenoxy) is 1. The topological polar surface area (TPSA) is 21.3 Å². The molecule has 108 valence electrons. The molecule has 0 spiro atoms. The fourth-order valence-corrected chi connectivity index (χ4v) is 2.07. The van der Waals surface area contributed by atoms with Gasteiger partial charge in [0, 0.05) is 11.1 Å². The predicted molar refractivity (Wildman–Crippen MR) is 83.3 cm³/mol. The summed E-state index contributed by atoms with van der Waals surface area (Å²) in [5.74, 6) is 0.927. The molecule has 0 unspecified atom stereocenters. The molecule has 0 fully saturated rings. The summed E-state index contributed by atoms with van der Waals surface area (Å²) in [7, 11) is 0. The van der Waals surface area contributed by atoms with Crippen molar-refractivity contribution in [3.63, 3.8) is 0 Å². The number of benzene rings is 1. The first-order valence-electron chi connectivity index (χ1n) is 7.32. The molecule has 0 aliphatic carbocycles. The van der Waals surface area contributed by atoms with Gasteiger partial charge in [-0.1, -0.05) is 25.4 Å². The Labute approximate surface area is 122 Å². The molecule has 3 heteroatoms. The normalized spacial score (nSPS) is 12.4. The SMILES string of the molecule is CCc1cc(OCCCCN[C@@H](C)CC)ccc1Cl. The van der Waals surface area contributed by atoms with Crippen LogP contribution in [-0.2, 0) is 6.42 Å². The Hall–Kier alpha value is -0.730. The van der Waals surface area contributed by atoms with Gasteiger partial charge in [-0.3, -0.25) is 0 Å². The van der Waals surface area contributed by atoms with Gasteiger partial charge in [-0.2, -0.15) is 0 Å². The number of hydrogen-bond acceptors (Lipinski definition) is 2. The first-order chi connectivity index (χ1) is 9.17. The van der Waals surface area contributed by atoms with E-state index in [1.807, 2.05) is 18.2 Å². The van der Waals surface area contributed by atoms with E-state index in [1.54, 1.807) is 0 Å². The number of rotatable bonds is 9. The lowest BCUT2D eigenvalue weighted by molar-refractivity contribution is 0.304. The van der Waals surface area contributed by atoms with Crippen LogP contribution in [0.3, 0.4) is 0 Å². The Kier molecular flexibility index (Phi) is 7.92. The van der Waals surface area contributed by atoms with Gasteiger partial charge in [-0.05, 0) is 62.9 Å². The quantitative estimate of drug-likeness (QED) is 0.676. The molecule has 1 atom stereocenters. The molecule has 0 saturated carbocycles. The van der Waals surface area contributed by atoms with Gasteiger partial charge in [0.05, 0.1) is 6.61 Å². The molecular formula is C16H26ClNO. The highest BCUT2D eigenvalue weighted by molar-refractivity contribution is 6.31. The van der Waals surface area contributed by atoms with Crippen LogP contribution in [0.25, 0.3) is 0 Å². The van der Waals surface area contributed by atoms with Gasteiger partial charge in [0.25, 0.3) is 0 Å².